The second-order valence-corrected chi connectivity index (χ2v) is 6.18. The van der Waals surface area contributed by atoms with Gasteiger partial charge < -0.3 is 9.88 Å². The molecule has 1 aliphatic heterocycles. The van der Waals surface area contributed by atoms with Gasteiger partial charge in [0.2, 0.25) is 5.91 Å². The molecule has 3 rings (SSSR count). The molecule has 110 valence electrons. The van der Waals surface area contributed by atoms with Crippen LogP contribution in [0.4, 0.5) is 0 Å². The highest BCUT2D eigenvalue weighted by Gasteiger charge is 2.25. The van der Waals surface area contributed by atoms with E-state index in [2.05, 4.69) is 40.0 Å². The quantitative estimate of drug-likeness (QED) is 0.919. The number of fused-ring (bicyclic) bond motifs is 1. The van der Waals surface area contributed by atoms with Crippen LogP contribution in [0.5, 0.6) is 0 Å². The molecule has 1 fully saturated rings. The number of carbonyl (C=O) groups is 1. The van der Waals surface area contributed by atoms with Crippen LogP contribution in [0.3, 0.4) is 0 Å². The van der Waals surface area contributed by atoms with E-state index in [0.29, 0.717) is 18.6 Å². The Balaban J connectivity index is 1.54. The van der Waals surface area contributed by atoms with Crippen molar-refractivity contribution in [2.75, 3.05) is 13.1 Å². The van der Waals surface area contributed by atoms with E-state index in [1.54, 1.807) is 0 Å². The van der Waals surface area contributed by atoms with E-state index in [1.807, 2.05) is 0 Å². The third-order valence-corrected chi connectivity index (χ3v) is 4.79. The minimum atomic E-state index is 0.198. The van der Waals surface area contributed by atoms with Crippen molar-refractivity contribution in [3.8, 4) is 0 Å². The van der Waals surface area contributed by atoms with Crippen molar-refractivity contribution in [1.82, 2.24) is 14.8 Å². The second kappa shape index (κ2) is 6.00. The fraction of sp³-hybridized carbons (Fsp3) is 0.688. The second-order valence-electron chi connectivity index (χ2n) is 6.18. The van der Waals surface area contributed by atoms with Gasteiger partial charge in [-0.15, -0.1) is 0 Å². The Bertz CT molecular complexity index is 462. The number of nitrogens with one attached hydrogen (secondary N) is 1. The first-order valence-electron chi connectivity index (χ1n) is 7.92. The summed E-state index contributed by atoms with van der Waals surface area (Å²) >= 11 is 0. The lowest BCUT2D eigenvalue weighted by Crippen LogP contribution is -2.46. The summed E-state index contributed by atoms with van der Waals surface area (Å²) in [5, 5.41) is 3.22. The molecule has 1 N–H and O–H groups in total. The van der Waals surface area contributed by atoms with Gasteiger partial charge in [0.1, 0.15) is 0 Å². The number of rotatable bonds is 3. The lowest BCUT2D eigenvalue weighted by molar-refractivity contribution is -0.124. The van der Waals surface area contributed by atoms with E-state index in [9.17, 15) is 4.79 Å². The molecule has 2 aliphatic rings. The van der Waals surface area contributed by atoms with Gasteiger partial charge in [-0.25, -0.2) is 0 Å². The maximum Gasteiger partial charge on any atom is 0.234 e. The number of nitrogens with zero attached hydrogens (tertiary/aromatic N) is 2. The zero-order valence-electron chi connectivity index (χ0n) is 12.3. The molecule has 4 nitrogen and oxygen atoms in total. The molecule has 0 radical (unpaired) electrons. The molecule has 1 unspecified atom stereocenters. The number of amides is 1. The smallest absolute Gasteiger partial charge is 0.234 e. The Morgan fingerprint density at radius 2 is 2.10 bits per heavy atom. The van der Waals surface area contributed by atoms with Crippen molar-refractivity contribution < 1.29 is 4.79 Å². The van der Waals surface area contributed by atoms with Gasteiger partial charge in [-0.05, 0) is 31.9 Å². The third-order valence-electron chi connectivity index (χ3n) is 4.79. The van der Waals surface area contributed by atoms with Crippen LogP contribution in [-0.4, -0.2) is 34.5 Å². The predicted molar refractivity (Wildman–Crippen MR) is 79.4 cm³/mol. The SMILES string of the molecule is CC1c2cccn2CCN1CC(=O)NC1CCCCC1. The van der Waals surface area contributed by atoms with Gasteiger partial charge in [0, 0.05) is 37.1 Å². The molecule has 1 amide bonds. The molecule has 1 aromatic heterocycles. The van der Waals surface area contributed by atoms with Gasteiger partial charge in [-0.1, -0.05) is 19.3 Å². The molecule has 1 aromatic rings. The van der Waals surface area contributed by atoms with Crippen molar-refractivity contribution in [2.45, 2.75) is 57.7 Å². The number of aromatic nitrogens is 1. The number of hydrogen-bond acceptors (Lipinski definition) is 2. The van der Waals surface area contributed by atoms with Gasteiger partial charge in [0.25, 0.3) is 0 Å². The molecular weight excluding hydrogens is 250 g/mol. The van der Waals surface area contributed by atoms with Crippen molar-refractivity contribution in [3.63, 3.8) is 0 Å². The van der Waals surface area contributed by atoms with E-state index >= 15 is 0 Å². The Hall–Kier alpha value is -1.29. The summed E-state index contributed by atoms with van der Waals surface area (Å²) in [5.74, 6) is 0.198. The van der Waals surface area contributed by atoms with E-state index in [0.717, 1.165) is 25.9 Å². The van der Waals surface area contributed by atoms with Crippen LogP contribution < -0.4 is 5.32 Å². The maximum absolute atomic E-state index is 12.2. The molecule has 1 saturated carbocycles. The first-order valence-corrected chi connectivity index (χ1v) is 7.92. The summed E-state index contributed by atoms with van der Waals surface area (Å²) in [4.78, 5) is 14.5. The molecule has 0 aromatic carbocycles. The maximum atomic E-state index is 12.2. The van der Waals surface area contributed by atoms with E-state index < -0.39 is 0 Å². The summed E-state index contributed by atoms with van der Waals surface area (Å²) in [6, 6.07) is 5.00. The van der Waals surface area contributed by atoms with Crippen LogP contribution in [0.2, 0.25) is 0 Å². The van der Waals surface area contributed by atoms with Gasteiger partial charge in [0.15, 0.2) is 0 Å². The van der Waals surface area contributed by atoms with Crippen LogP contribution in [0.25, 0.3) is 0 Å². The first kappa shape index (κ1) is 13.7. The molecule has 0 bridgehead atoms. The van der Waals surface area contributed by atoms with Crippen molar-refractivity contribution in [1.29, 1.82) is 0 Å². The topological polar surface area (TPSA) is 37.3 Å². The summed E-state index contributed by atoms with van der Waals surface area (Å²) < 4.78 is 2.29. The van der Waals surface area contributed by atoms with Gasteiger partial charge in [0.05, 0.1) is 6.54 Å². The van der Waals surface area contributed by atoms with Gasteiger partial charge >= 0.3 is 0 Å². The molecule has 0 spiro atoms. The number of carbonyl (C=O) groups excluding carboxylic acids is 1. The highest BCUT2D eigenvalue weighted by Crippen LogP contribution is 2.25. The minimum Gasteiger partial charge on any atom is -0.352 e. The summed E-state index contributed by atoms with van der Waals surface area (Å²) in [7, 11) is 0. The van der Waals surface area contributed by atoms with Crippen molar-refractivity contribution >= 4 is 5.91 Å². The van der Waals surface area contributed by atoms with Crippen LogP contribution in [-0.2, 0) is 11.3 Å². The normalized spacial score (nSPS) is 24.4. The largest absolute Gasteiger partial charge is 0.352 e. The fourth-order valence-corrected chi connectivity index (χ4v) is 3.55. The Morgan fingerprint density at radius 3 is 2.90 bits per heavy atom. The van der Waals surface area contributed by atoms with Gasteiger partial charge in [-0.2, -0.15) is 0 Å². The molecule has 4 heteroatoms. The summed E-state index contributed by atoms with van der Waals surface area (Å²) in [6.07, 6.45) is 8.29. The Kier molecular flexibility index (Phi) is 4.10. The molecule has 0 saturated heterocycles. The standard InChI is InChI=1S/C16H25N3O/c1-13-15-8-5-9-18(15)10-11-19(13)12-16(20)17-14-6-3-2-4-7-14/h5,8-9,13-14H,2-4,6-7,10-12H2,1H3,(H,17,20). The lowest BCUT2D eigenvalue weighted by atomic mass is 9.95. The molecule has 1 atom stereocenters. The molecule has 2 heterocycles. The highest BCUT2D eigenvalue weighted by atomic mass is 16.2. The van der Waals surface area contributed by atoms with Gasteiger partial charge in [-0.3, -0.25) is 9.69 Å². The monoisotopic (exact) mass is 275 g/mol. The zero-order chi connectivity index (χ0) is 13.9. The lowest BCUT2D eigenvalue weighted by Gasteiger charge is -2.34. The van der Waals surface area contributed by atoms with Crippen LogP contribution in [0.1, 0.15) is 50.8 Å². The Labute approximate surface area is 121 Å². The average Bonchev–Trinajstić information content (AvgIpc) is 2.92. The molecule has 1 aliphatic carbocycles. The minimum absolute atomic E-state index is 0.198. The zero-order valence-corrected chi connectivity index (χ0v) is 12.3. The van der Waals surface area contributed by atoms with E-state index in [-0.39, 0.29) is 5.91 Å². The van der Waals surface area contributed by atoms with Crippen molar-refractivity contribution in [3.05, 3.63) is 24.0 Å². The molecule has 20 heavy (non-hydrogen) atoms. The summed E-state index contributed by atoms with van der Waals surface area (Å²) in [5.41, 5.74) is 1.32. The summed E-state index contributed by atoms with van der Waals surface area (Å²) in [6.45, 7) is 4.67. The van der Waals surface area contributed by atoms with E-state index in [4.69, 9.17) is 0 Å². The average molecular weight is 275 g/mol. The highest BCUT2D eigenvalue weighted by molar-refractivity contribution is 5.78. The number of hydrogen-bond donors (Lipinski definition) is 1. The van der Waals surface area contributed by atoms with Crippen molar-refractivity contribution in [2.24, 2.45) is 0 Å². The van der Waals surface area contributed by atoms with Crippen LogP contribution in [0, 0.1) is 0 Å². The Morgan fingerprint density at radius 1 is 1.30 bits per heavy atom. The first-order chi connectivity index (χ1) is 9.74. The third kappa shape index (κ3) is 2.90. The fourth-order valence-electron chi connectivity index (χ4n) is 3.55. The van der Waals surface area contributed by atoms with E-state index in [1.165, 1.54) is 25.0 Å². The van der Waals surface area contributed by atoms with Crippen LogP contribution in [0.15, 0.2) is 18.3 Å². The van der Waals surface area contributed by atoms with Crippen LogP contribution >= 0.6 is 0 Å². The predicted octanol–water partition coefficient (Wildman–Crippen LogP) is 2.31. The molecular formula is C16H25N3O.